The van der Waals surface area contributed by atoms with Crippen LogP contribution in [0.2, 0.25) is 0 Å². The summed E-state index contributed by atoms with van der Waals surface area (Å²) in [7, 11) is 0. The summed E-state index contributed by atoms with van der Waals surface area (Å²) in [6.07, 6.45) is 7.01. The number of hydrogen-bond acceptors (Lipinski definition) is 5. The Labute approximate surface area is 199 Å². The summed E-state index contributed by atoms with van der Waals surface area (Å²) in [5, 5.41) is 3.16. The molecule has 1 aromatic carbocycles. The minimum Gasteiger partial charge on any atom is -0.338 e. The lowest BCUT2D eigenvalue weighted by atomic mass is 9.93. The highest BCUT2D eigenvalue weighted by Crippen LogP contribution is 2.22. The van der Waals surface area contributed by atoms with Crippen molar-refractivity contribution in [2.45, 2.75) is 38.8 Å². The van der Waals surface area contributed by atoms with Gasteiger partial charge in [0.05, 0.1) is 4.47 Å². The second kappa shape index (κ2) is 11.1. The lowest BCUT2D eigenvalue weighted by Crippen LogP contribution is -2.57. The number of hydrogen-bond donors (Lipinski definition) is 1. The Hall–Kier alpha value is -2.19. The van der Waals surface area contributed by atoms with Crippen LogP contribution in [-0.4, -0.2) is 71.1 Å². The van der Waals surface area contributed by atoms with Crippen LogP contribution in [0.4, 0.5) is 10.7 Å². The number of nitrogens with one attached hydrogen (secondary N) is 1. The number of likely N-dealkylation sites (tertiary alicyclic amines) is 1. The summed E-state index contributed by atoms with van der Waals surface area (Å²) in [4.78, 5) is 28.1. The Morgan fingerprint density at radius 1 is 1.09 bits per heavy atom. The Kier molecular flexibility index (Phi) is 7.97. The molecule has 32 heavy (non-hydrogen) atoms. The molecule has 2 saturated heterocycles. The largest absolute Gasteiger partial charge is 0.338 e. The average Bonchev–Trinajstić information content (AvgIpc) is 2.81. The SMILES string of the molecule is C[C@@H]1CN(c2ncc(Br)cn2)CCN1C(=O)NCCC1CCN(Cc2ccccc2)CC1. The van der Waals surface area contributed by atoms with Gasteiger partial charge < -0.3 is 15.1 Å². The highest BCUT2D eigenvalue weighted by molar-refractivity contribution is 9.10. The lowest BCUT2D eigenvalue weighted by Gasteiger charge is -2.39. The van der Waals surface area contributed by atoms with E-state index >= 15 is 0 Å². The molecule has 1 aromatic heterocycles. The van der Waals surface area contributed by atoms with Crippen molar-refractivity contribution in [2.24, 2.45) is 5.92 Å². The van der Waals surface area contributed by atoms with Gasteiger partial charge in [0.1, 0.15) is 0 Å². The van der Waals surface area contributed by atoms with Gasteiger partial charge in [-0.2, -0.15) is 0 Å². The predicted octanol–water partition coefficient (Wildman–Crippen LogP) is 3.76. The lowest BCUT2D eigenvalue weighted by molar-refractivity contribution is 0.162. The summed E-state index contributed by atoms with van der Waals surface area (Å²) in [5.41, 5.74) is 1.39. The minimum atomic E-state index is 0.0513. The molecule has 0 aliphatic carbocycles. The van der Waals surface area contributed by atoms with Crippen LogP contribution in [0.15, 0.2) is 47.2 Å². The third-order valence-electron chi connectivity index (χ3n) is 6.56. The molecule has 172 valence electrons. The number of piperidine rings is 1. The van der Waals surface area contributed by atoms with Gasteiger partial charge in [-0.25, -0.2) is 14.8 Å². The topological polar surface area (TPSA) is 64.6 Å². The van der Waals surface area contributed by atoms with Gasteiger partial charge >= 0.3 is 6.03 Å². The van der Waals surface area contributed by atoms with Crippen molar-refractivity contribution in [3.8, 4) is 0 Å². The maximum Gasteiger partial charge on any atom is 0.317 e. The van der Waals surface area contributed by atoms with Crippen LogP contribution in [-0.2, 0) is 6.54 Å². The van der Waals surface area contributed by atoms with Gasteiger partial charge in [0, 0.05) is 51.2 Å². The summed E-state index contributed by atoms with van der Waals surface area (Å²) >= 11 is 3.37. The van der Waals surface area contributed by atoms with E-state index in [4.69, 9.17) is 0 Å². The number of piperazine rings is 1. The van der Waals surface area contributed by atoms with Crippen LogP contribution < -0.4 is 10.2 Å². The molecule has 4 rings (SSSR count). The first-order valence-electron chi connectivity index (χ1n) is 11.6. The number of carbonyl (C=O) groups is 1. The molecule has 1 N–H and O–H groups in total. The molecule has 2 aliphatic heterocycles. The molecule has 7 nitrogen and oxygen atoms in total. The molecule has 2 aromatic rings. The molecule has 2 amide bonds. The van der Waals surface area contributed by atoms with Gasteiger partial charge in [-0.3, -0.25) is 4.90 Å². The van der Waals surface area contributed by atoms with Crippen molar-refractivity contribution >= 4 is 27.9 Å². The molecule has 3 heterocycles. The third kappa shape index (κ3) is 6.19. The number of urea groups is 1. The smallest absolute Gasteiger partial charge is 0.317 e. The summed E-state index contributed by atoms with van der Waals surface area (Å²) in [6.45, 7) is 8.35. The average molecular weight is 501 g/mol. The Bertz CT molecular complexity index is 857. The first-order chi connectivity index (χ1) is 15.6. The highest BCUT2D eigenvalue weighted by Gasteiger charge is 2.28. The van der Waals surface area contributed by atoms with Gasteiger partial charge in [-0.1, -0.05) is 30.3 Å². The number of rotatable bonds is 6. The van der Waals surface area contributed by atoms with Crippen LogP contribution in [0.1, 0.15) is 31.7 Å². The van der Waals surface area contributed by atoms with Crippen molar-refractivity contribution < 1.29 is 4.79 Å². The molecule has 2 aliphatic rings. The number of carbonyl (C=O) groups excluding carboxylic acids is 1. The molecular formula is C24H33BrN6O. The molecule has 8 heteroatoms. The van der Waals surface area contributed by atoms with Crippen LogP contribution in [0.3, 0.4) is 0 Å². The first kappa shape index (κ1) is 23.0. The molecule has 1 atom stereocenters. The number of nitrogens with zero attached hydrogens (tertiary/aromatic N) is 5. The Morgan fingerprint density at radius 2 is 1.81 bits per heavy atom. The molecule has 0 spiro atoms. The van der Waals surface area contributed by atoms with Crippen LogP contribution in [0.25, 0.3) is 0 Å². The van der Waals surface area contributed by atoms with Crippen LogP contribution in [0, 0.1) is 5.92 Å². The van der Waals surface area contributed by atoms with E-state index in [0.717, 1.165) is 56.1 Å². The van der Waals surface area contributed by atoms with Gasteiger partial charge in [-0.15, -0.1) is 0 Å². The normalized spacial score (nSPS) is 20.4. The molecule has 0 radical (unpaired) electrons. The number of anilines is 1. The van der Waals surface area contributed by atoms with Crippen molar-refractivity contribution in [3.05, 3.63) is 52.8 Å². The zero-order valence-corrected chi connectivity index (χ0v) is 20.4. The van der Waals surface area contributed by atoms with Crippen LogP contribution >= 0.6 is 15.9 Å². The van der Waals surface area contributed by atoms with Crippen molar-refractivity contribution in [3.63, 3.8) is 0 Å². The second-order valence-electron chi connectivity index (χ2n) is 8.92. The maximum absolute atomic E-state index is 12.7. The quantitative estimate of drug-likeness (QED) is 0.653. The molecule has 0 saturated carbocycles. The minimum absolute atomic E-state index is 0.0513. The van der Waals surface area contributed by atoms with E-state index in [1.165, 1.54) is 18.4 Å². The fourth-order valence-corrected chi connectivity index (χ4v) is 4.87. The number of aromatic nitrogens is 2. The predicted molar refractivity (Wildman–Crippen MR) is 131 cm³/mol. The zero-order valence-electron chi connectivity index (χ0n) is 18.8. The van der Waals surface area contributed by atoms with Crippen molar-refractivity contribution in [2.75, 3.05) is 44.2 Å². The van der Waals surface area contributed by atoms with Crippen molar-refractivity contribution in [1.29, 1.82) is 0 Å². The van der Waals surface area contributed by atoms with Crippen LogP contribution in [0.5, 0.6) is 0 Å². The Morgan fingerprint density at radius 3 is 2.50 bits per heavy atom. The van der Waals surface area contributed by atoms with E-state index < -0.39 is 0 Å². The summed E-state index contributed by atoms with van der Waals surface area (Å²) in [5.74, 6) is 1.42. The van der Waals surface area contributed by atoms with E-state index in [-0.39, 0.29) is 12.1 Å². The second-order valence-corrected chi connectivity index (χ2v) is 9.83. The Balaban J connectivity index is 1.14. The highest BCUT2D eigenvalue weighted by atomic mass is 79.9. The van der Waals surface area contributed by atoms with Gasteiger partial charge in [0.15, 0.2) is 0 Å². The molecule has 0 unspecified atom stereocenters. The maximum atomic E-state index is 12.7. The standard InChI is InChI=1S/C24H33BrN6O/c1-19-17-30(23-27-15-22(25)16-28-23)13-14-31(19)24(32)26-10-7-20-8-11-29(12-9-20)18-21-5-3-2-4-6-21/h2-6,15-16,19-20H,7-14,17-18H2,1H3,(H,26,32)/t19-/m1/s1. The summed E-state index contributed by atoms with van der Waals surface area (Å²) < 4.78 is 0.870. The molecule has 0 bridgehead atoms. The molecular weight excluding hydrogens is 468 g/mol. The fraction of sp³-hybridized carbons (Fsp3) is 0.542. The third-order valence-corrected chi connectivity index (χ3v) is 6.97. The number of benzene rings is 1. The van der Waals surface area contributed by atoms with E-state index in [2.05, 4.69) is 78.3 Å². The summed E-state index contributed by atoms with van der Waals surface area (Å²) in [6, 6.07) is 10.9. The zero-order chi connectivity index (χ0) is 22.3. The van der Waals surface area contributed by atoms with E-state index in [9.17, 15) is 4.79 Å². The molecule has 2 fully saturated rings. The van der Waals surface area contributed by atoms with Crippen molar-refractivity contribution in [1.82, 2.24) is 25.1 Å². The first-order valence-corrected chi connectivity index (χ1v) is 12.4. The fourth-order valence-electron chi connectivity index (χ4n) is 4.67. The van der Waals surface area contributed by atoms with Gasteiger partial charge in [0.2, 0.25) is 5.95 Å². The van der Waals surface area contributed by atoms with E-state index in [1.54, 1.807) is 12.4 Å². The monoisotopic (exact) mass is 500 g/mol. The van der Waals surface area contributed by atoms with E-state index in [0.29, 0.717) is 12.5 Å². The number of halogens is 1. The van der Waals surface area contributed by atoms with E-state index in [1.807, 2.05) is 4.90 Å². The van der Waals surface area contributed by atoms with Gasteiger partial charge in [-0.05, 0) is 66.7 Å². The number of amides is 2. The van der Waals surface area contributed by atoms with Gasteiger partial charge in [0.25, 0.3) is 0 Å².